The van der Waals surface area contributed by atoms with Crippen LogP contribution in [0.1, 0.15) is 26.2 Å². The molecule has 1 N–H and O–H groups in total. The normalized spacial score (nSPS) is 10.2. The van der Waals surface area contributed by atoms with Crippen LogP contribution < -0.4 is 14.4 Å². The van der Waals surface area contributed by atoms with Crippen molar-refractivity contribution in [3.05, 3.63) is 18.2 Å². The van der Waals surface area contributed by atoms with Crippen LogP contribution in [0.4, 0.5) is 5.69 Å². The molecule has 0 aliphatic heterocycles. The lowest BCUT2D eigenvalue weighted by atomic mass is 10.2. The minimum atomic E-state index is -0.785. The van der Waals surface area contributed by atoms with Crippen molar-refractivity contribution in [3.8, 4) is 11.5 Å². The van der Waals surface area contributed by atoms with Gasteiger partial charge in [0.05, 0.1) is 20.6 Å². The van der Waals surface area contributed by atoms with Crippen LogP contribution in [0.25, 0.3) is 0 Å². The van der Waals surface area contributed by atoms with E-state index in [9.17, 15) is 4.79 Å². The Morgan fingerprint density at radius 1 is 1.20 bits per heavy atom. The van der Waals surface area contributed by atoms with Crippen LogP contribution in [0.15, 0.2) is 18.2 Å². The summed E-state index contributed by atoms with van der Waals surface area (Å²) in [5, 5.41) is 8.85. The van der Waals surface area contributed by atoms with Crippen molar-refractivity contribution in [2.75, 3.05) is 32.2 Å². The number of hydrogen-bond acceptors (Lipinski definition) is 4. The summed E-state index contributed by atoms with van der Waals surface area (Å²) in [6.07, 6.45) is 2.21. The molecule has 1 rings (SSSR count). The van der Waals surface area contributed by atoms with E-state index in [2.05, 4.69) is 11.8 Å². The van der Waals surface area contributed by atoms with Gasteiger partial charge in [-0.15, -0.1) is 0 Å². The molecule has 0 bridgehead atoms. The van der Waals surface area contributed by atoms with Crippen LogP contribution in [-0.4, -0.2) is 38.4 Å². The maximum absolute atomic E-state index is 10.8. The summed E-state index contributed by atoms with van der Waals surface area (Å²) in [7, 11) is 3.19. The smallest absolute Gasteiger partial charge is 0.305 e. The van der Waals surface area contributed by atoms with Crippen molar-refractivity contribution < 1.29 is 19.4 Å². The molecule has 5 heteroatoms. The van der Waals surface area contributed by atoms with Crippen molar-refractivity contribution in [3.63, 3.8) is 0 Å². The summed E-state index contributed by atoms with van der Waals surface area (Å²) < 4.78 is 10.5. The zero-order valence-electron chi connectivity index (χ0n) is 12.4. The molecule has 0 unspecified atom stereocenters. The lowest BCUT2D eigenvalue weighted by Crippen LogP contribution is -2.27. The first-order valence-electron chi connectivity index (χ1n) is 6.81. The molecule has 5 nitrogen and oxygen atoms in total. The molecular weight excluding hydrogens is 258 g/mol. The van der Waals surface area contributed by atoms with Crippen LogP contribution in [0, 0.1) is 0 Å². The summed E-state index contributed by atoms with van der Waals surface area (Å²) in [4.78, 5) is 12.8. The van der Waals surface area contributed by atoms with Crippen LogP contribution in [-0.2, 0) is 4.79 Å². The second-order valence-electron chi connectivity index (χ2n) is 4.52. The van der Waals surface area contributed by atoms with Crippen LogP contribution >= 0.6 is 0 Å². The third kappa shape index (κ3) is 4.64. The molecule has 0 aliphatic carbocycles. The number of anilines is 1. The second kappa shape index (κ2) is 8.30. The first-order chi connectivity index (χ1) is 9.62. The maximum atomic E-state index is 10.8. The van der Waals surface area contributed by atoms with Gasteiger partial charge in [-0.2, -0.15) is 0 Å². The van der Waals surface area contributed by atoms with Gasteiger partial charge in [0.1, 0.15) is 0 Å². The highest BCUT2D eigenvalue weighted by molar-refractivity contribution is 5.68. The molecule has 0 spiro atoms. The second-order valence-corrected chi connectivity index (χ2v) is 4.52. The van der Waals surface area contributed by atoms with Crippen molar-refractivity contribution in [1.29, 1.82) is 0 Å². The molecule has 0 saturated carbocycles. The van der Waals surface area contributed by atoms with Gasteiger partial charge in [0, 0.05) is 24.8 Å². The van der Waals surface area contributed by atoms with Crippen molar-refractivity contribution in [2.45, 2.75) is 26.2 Å². The van der Waals surface area contributed by atoms with E-state index in [0.717, 1.165) is 25.1 Å². The molecule has 0 saturated heterocycles. The number of carboxylic acid groups (broad SMARTS) is 1. The molecule has 0 heterocycles. The highest BCUT2D eigenvalue weighted by Gasteiger charge is 2.11. The van der Waals surface area contributed by atoms with E-state index in [1.807, 2.05) is 18.2 Å². The lowest BCUT2D eigenvalue weighted by molar-refractivity contribution is -0.136. The monoisotopic (exact) mass is 281 g/mol. The quantitative estimate of drug-likeness (QED) is 0.754. The van der Waals surface area contributed by atoms with E-state index in [1.165, 1.54) is 0 Å². The number of unbranched alkanes of at least 4 members (excludes halogenated alkanes) is 1. The van der Waals surface area contributed by atoms with E-state index in [0.29, 0.717) is 18.0 Å². The van der Waals surface area contributed by atoms with Crippen molar-refractivity contribution >= 4 is 11.7 Å². The molecule has 0 fully saturated rings. The van der Waals surface area contributed by atoms with Gasteiger partial charge in [-0.3, -0.25) is 4.79 Å². The number of methoxy groups -OCH3 is 2. The zero-order valence-corrected chi connectivity index (χ0v) is 12.4. The Hall–Kier alpha value is -1.91. The van der Waals surface area contributed by atoms with Gasteiger partial charge in [-0.1, -0.05) is 13.3 Å². The van der Waals surface area contributed by atoms with Gasteiger partial charge in [0.2, 0.25) is 0 Å². The molecule has 0 aliphatic rings. The van der Waals surface area contributed by atoms with Crippen LogP contribution in [0.3, 0.4) is 0 Å². The predicted molar refractivity (Wildman–Crippen MR) is 78.9 cm³/mol. The van der Waals surface area contributed by atoms with Gasteiger partial charge in [-0.25, -0.2) is 0 Å². The third-order valence-electron chi connectivity index (χ3n) is 3.11. The van der Waals surface area contributed by atoms with Gasteiger partial charge in [0.15, 0.2) is 11.5 Å². The summed E-state index contributed by atoms with van der Waals surface area (Å²) in [5.74, 6) is 0.540. The first kappa shape index (κ1) is 16.1. The Morgan fingerprint density at radius 2 is 1.90 bits per heavy atom. The number of nitrogens with zero attached hydrogens (tertiary/aromatic N) is 1. The van der Waals surface area contributed by atoms with Crippen molar-refractivity contribution in [1.82, 2.24) is 0 Å². The standard InChI is InChI=1S/C15H23NO4/c1-4-5-9-16(10-8-15(17)18)12-6-7-13(19-2)14(11-12)20-3/h6-7,11H,4-5,8-10H2,1-3H3,(H,17,18). The third-order valence-corrected chi connectivity index (χ3v) is 3.11. The molecule has 0 amide bonds. The van der Waals surface area contributed by atoms with Gasteiger partial charge in [-0.05, 0) is 18.6 Å². The molecule has 1 aromatic carbocycles. The molecule has 112 valence electrons. The fourth-order valence-corrected chi connectivity index (χ4v) is 1.97. The Kier molecular flexibility index (Phi) is 6.70. The van der Waals surface area contributed by atoms with E-state index < -0.39 is 5.97 Å². The maximum Gasteiger partial charge on any atom is 0.305 e. The fourth-order valence-electron chi connectivity index (χ4n) is 1.97. The Morgan fingerprint density at radius 3 is 2.45 bits per heavy atom. The van der Waals surface area contributed by atoms with E-state index in [1.54, 1.807) is 14.2 Å². The van der Waals surface area contributed by atoms with Crippen LogP contribution in [0.5, 0.6) is 11.5 Å². The topological polar surface area (TPSA) is 59.0 Å². The van der Waals surface area contributed by atoms with Gasteiger partial charge in [0.25, 0.3) is 0 Å². The summed E-state index contributed by atoms with van der Waals surface area (Å²) >= 11 is 0. The van der Waals surface area contributed by atoms with Gasteiger partial charge < -0.3 is 19.5 Å². The Bertz CT molecular complexity index is 434. The summed E-state index contributed by atoms with van der Waals surface area (Å²) in [5.41, 5.74) is 0.956. The molecule has 0 aromatic heterocycles. The number of ether oxygens (including phenoxy) is 2. The first-order valence-corrected chi connectivity index (χ1v) is 6.81. The number of carbonyl (C=O) groups is 1. The van der Waals surface area contributed by atoms with Crippen LogP contribution in [0.2, 0.25) is 0 Å². The number of rotatable bonds is 9. The highest BCUT2D eigenvalue weighted by Crippen LogP contribution is 2.31. The fraction of sp³-hybridized carbons (Fsp3) is 0.533. The average molecular weight is 281 g/mol. The van der Waals surface area contributed by atoms with E-state index in [4.69, 9.17) is 14.6 Å². The minimum absolute atomic E-state index is 0.123. The molecule has 0 radical (unpaired) electrons. The molecule has 0 atom stereocenters. The van der Waals surface area contributed by atoms with Gasteiger partial charge >= 0.3 is 5.97 Å². The largest absolute Gasteiger partial charge is 0.493 e. The Labute approximate surface area is 120 Å². The Balaban J connectivity index is 2.90. The average Bonchev–Trinajstić information content (AvgIpc) is 2.46. The minimum Gasteiger partial charge on any atom is -0.493 e. The molecule has 20 heavy (non-hydrogen) atoms. The van der Waals surface area contributed by atoms with Crippen molar-refractivity contribution in [2.24, 2.45) is 0 Å². The molecule has 1 aromatic rings. The predicted octanol–water partition coefficient (Wildman–Crippen LogP) is 2.79. The SMILES string of the molecule is CCCCN(CCC(=O)O)c1ccc(OC)c(OC)c1. The highest BCUT2D eigenvalue weighted by atomic mass is 16.5. The molecular formula is C15H23NO4. The summed E-state index contributed by atoms with van der Waals surface area (Å²) in [6, 6.07) is 5.66. The number of benzene rings is 1. The number of carboxylic acids is 1. The van der Waals surface area contributed by atoms with E-state index in [-0.39, 0.29) is 6.42 Å². The number of aliphatic carboxylic acids is 1. The number of hydrogen-bond donors (Lipinski definition) is 1. The van der Waals surface area contributed by atoms with E-state index >= 15 is 0 Å². The zero-order chi connectivity index (χ0) is 15.0. The lowest BCUT2D eigenvalue weighted by Gasteiger charge is -2.25. The summed E-state index contributed by atoms with van der Waals surface area (Å²) in [6.45, 7) is 3.44.